The monoisotopic (exact) mass is 273 g/mol. The molecule has 0 aliphatic carbocycles. The van der Waals surface area contributed by atoms with Gasteiger partial charge in [0.05, 0.1) is 0 Å². The molecule has 96 valence electrons. The first-order valence-corrected chi connectivity index (χ1v) is 5.00. The first-order chi connectivity index (χ1) is 8.40. The van der Waals surface area contributed by atoms with Gasteiger partial charge in [0.15, 0.2) is 10.8 Å². The molecule has 0 radical (unpaired) electrons. The van der Waals surface area contributed by atoms with Crippen molar-refractivity contribution >= 4 is 29.4 Å². The number of carbonyl (C=O) groups excluding carboxylic acids is 1. The second-order valence-corrected chi connectivity index (χ2v) is 3.58. The maximum atomic E-state index is 11.8. The molecule has 2 N–H and O–H groups in total. The summed E-state index contributed by atoms with van der Waals surface area (Å²) in [7, 11) is 0. The maximum absolute atomic E-state index is 11.8. The number of hydrogen-bond donors (Lipinski definition) is 2. The topological polar surface area (TPSA) is 121 Å². The third-order valence-electron chi connectivity index (χ3n) is 1.79. The molecule has 9 heteroatoms. The van der Waals surface area contributed by atoms with E-state index in [4.69, 9.17) is 21.8 Å². The minimum Gasteiger partial charge on any atom is -0.480 e. The summed E-state index contributed by atoms with van der Waals surface area (Å²) in [6, 6.07) is 2.52. The van der Waals surface area contributed by atoms with Crippen molar-refractivity contribution in [3.8, 4) is 0 Å². The first kappa shape index (κ1) is 13.8. The number of aromatic nitrogens is 2. The van der Waals surface area contributed by atoms with Crippen molar-refractivity contribution in [3.63, 3.8) is 0 Å². The van der Waals surface area contributed by atoms with Gasteiger partial charge in [-0.05, 0) is 12.1 Å². The molecule has 1 aromatic heterocycles. The van der Waals surface area contributed by atoms with Crippen LogP contribution in [0.2, 0.25) is 5.15 Å². The molecule has 8 nitrogen and oxygen atoms in total. The zero-order valence-corrected chi connectivity index (χ0v) is 9.66. The fourth-order valence-electron chi connectivity index (χ4n) is 1.12. The molecule has 0 aliphatic rings. The van der Waals surface area contributed by atoms with Crippen molar-refractivity contribution in [1.82, 2.24) is 15.1 Å². The van der Waals surface area contributed by atoms with E-state index in [1.165, 1.54) is 12.1 Å². The number of hydrogen-bond acceptors (Lipinski definition) is 5. The second kappa shape index (κ2) is 5.92. The van der Waals surface area contributed by atoms with E-state index >= 15 is 0 Å². The van der Waals surface area contributed by atoms with Crippen molar-refractivity contribution in [2.75, 3.05) is 13.1 Å². The number of aliphatic carboxylic acids is 2. The molecule has 0 saturated heterocycles. The van der Waals surface area contributed by atoms with Crippen LogP contribution in [0.3, 0.4) is 0 Å². The van der Waals surface area contributed by atoms with E-state index in [-0.39, 0.29) is 10.8 Å². The Labute approximate surface area is 106 Å². The summed E-state index contributed by atoms with van der Waals surface area (Å²) in [5.41, 5.74) is -0.179. The summed E-state index contributed by atoms with van der Waals surface area (Å²) in [5.74, 6) is -3.50. The Morgan fingerprint density at radius 3 is 2.06 bits per heavy atom. The van der Waals surface area contributed by atoms with E-state index in [2.05, 4.69) is 10.2 Å². The number of amides is 1. The quantitative estimate of drug-likeness (QED) is 0.758. The van der Waals surface area contributed by atoms with Crippen LogP contribution in [0.15, 0.2) is 12.1 Å². The molecular weight excluding hydrogens is 266 g/mol. The molecule has 1 amide bonds. The Morgan fingerprint density at radius 2 is 1.67 bits per heavy atom. The lowest BCUT2D eigenvalue weighted by Crippen LogP contribution is -2.39. The Balaban J connectivity index is 2.90. The normalized spacial score (nSPS) is 9.83. The van der Waals surface area contributed by atoms with Crippen LogP contribution in [0, 0.1) is 0 Å². The summed E-state index contributed by atoms with van der Waals surface area (Å²) in [6.45, 7) is -1.48. The first-order valence-electron chi connectivity index (χ1n) is 4.62. The van der Waals surface area contributed by atoms with E-state index in [0.29, 0.717) is 4.90 Å². The Hall–Kier alpha value is -2.22. The van der Waals surface area contributed by atoms with Gasteiger partial charge in [-0.1, -0.05) is 11.6 Å². The zero-order chi connectivity index (χ0) is 13.7. The molecule has 0 fully saturated rings. The van der Waals surface area contributed by atoms with E-state index in [1.54, 1.807) is 0 Å². The molecule has 1 heterocycles. The molecule has 0 aliphatic heterocycles. The van der Waals surface area contributed by atoms with Crippen molar-refractivity contribution in [3.05, 3.63) is 23.0 Å². The molecule has 0 aromatic carbocycles. The summed E-state index contributed by atoms with van der Waals surface area (Å²) in [6.07, 6.45) is 0. The van der Waals surface area contributed by atoms with Crippen molar-refractivity contribution < 1.29 is 24.6 Å². The summed E-state index contributed by atoms with van der Waals surface area (Å²) in [4.78, 5) is 33.5. The Morgan fingerprint density at radius 1 is 1.11 bits per heavy atom. The van der Waals surface area contributed by atoms with Gasteiger partial charge in [-0.3, -0.25) is 14.4 Å². The SMILES string of the molecule is O=C(O)CN(CC(=O)O)C(=O)c1ccc(Cl)nn1. The van der Waals surface area contributed by atoms with Crippen LogP contribution >= 0.6 is 11.6 Å². The highest BCUT2D eigenvalue weighted by molar-refractivity contribution is 6.29. The highest BCUT2D eigenvalue weighted by Crippen LogP contribution is 2.05. The van der Waals surface area contributed by atoms with Crippen molar-refractivity contribution in [2.45, 2.75) is 0 Å². The zero-order valence-electron chi connectivity index (χ0n) is 8.91. The minimum atomic E-state index is -1.33. The standard InChI is InChI=1S/C9H8ClN3O5/c10-6-2-1-5(11-12-6)9(18)13(3-7(14)15)4-8(16)17/h1-2H,3-4H2,(H,14,15)(H,16,17). The lowest BCUT2D eigenvalue weighted by molar-refractivity contribution is -0.140. The van der Waals surface area contributed by atoms with Crippen LogP contribution in [0.5, 0.6) is 0 Å². The summed E-state index contributed by atoms with van der Waals surface area (Å²) >= 11 is 5.48. The van der Waals surface area contributed by atoms with Crippen molar-refractivity contribution in [1.29, 1.82) is 0 Å². The molecular formula is C9H8ClN3O5. The van der Waals surface area contributed by atoms with Crippen LogP contribution in [0.1, 0.15) is 10.5 Å². The number of carboxylic acid groups (broad SMARTS) is 2. The average Bonchev–Trinajstić information content (AvgIpc) is 2.27. The fraction of sp³-hybridized carbons (Fsp3) is 0.222. The van der Waals surface area contributed by atoms with Crippen LogP contribution in [0.25, 0.3) is 0 Å². The van der Waals surface area contributed by atoms with E-state index in [0.717, 1.165) is 0 Å². The molecule has 1 rings (SSSR count). The molecule has 0 atom stereocenters. The third-order valence-corrected chi connectivity index (χ3v) is 1.99. The van der Waals surface area contributed by atoms with E-state index in [9.17, 15) is 14.4 Å². The van der Waals surface area contributed by atoms with Crippen LogP contribution in [0.4, 0.5) is 0 Å². The van der Waals surface area contributed by atoms with Crippen LogP contribution in [-0.2, 0) is 9.59 Å². The fourth-order valence-corrected chi connectivity index (χ4v) is 1.22. The molecule has 0 bridgehead atoms. The largest absolute Gasteiger partial charge is 0.480 e. The number of rotatable bonds is 5. The van der Waals surface area contributed by atoms with Crippen molar-refractivity contribution in [2.24, 2.45) is 0 Å². The predicted octanol–water partition coefficient (Wildman–Crippen LogP) is -0.259. The van der Waals surface area contributed by atoms with E-state index in [1.807, 2.05) is 0 Å². The molecule has 0 saturated carbocycles. The van der Waals surface area contributed by atoms with Crippen LogP contribution < -0.4 is 0 Å². The maximum Gasteiger partial charge on any atom is 0.323 e. The second-order valence-electron chi connectivity index (χ2n) is 3.19. The highest BCUT2D eigenvalue weighted by Gasteiger charge is 2.22. The van der Waals surface area contributed by atoms with E-state index < -0.39 is 30.9 Å². The van der Waals surface area contributed by atoms with Gasteiger partial charge in [0.25, 0.3) is 5.91 Å². The summed E-state index contributed by atoms with van der Waals surface area (Å²) < 4.78 is 0. The highest BCUT2D eigenvalue weighted by atomic mass is 35.5. The predicted molar refractivity (Wildman–Crippen MR) is 58.2 cm³/mol. The molecule has 0 spiro atoms. The van der Waals surface area contributed by atoms with Gasteiger partial charge in [0.2, 0.25) is 0 Å². The minimum absolute atomic E-state index is 0.0644. The number of carboxylic acids is 2. The van der Waals surface area contributed by atoms with Gasteiger partial charge < -0.3 is 15.1 Å². The number of halogens is 1. The van der Waals surface area contributed by atoms with Gasteiger partial charge in [-0.25, -0.2) is 0 Å². The average molecular weight is 274 g/mol. The van der Waals surface area contributed by atoms with Gasteiger partial charge in [-0.15, -0.1) is 10.2 Å². The number of carbonyl (C=O) groups is 3. The summed E-state index contributed by atoms with van der Waals surface area (Å²) in [5, 5.41) is 24.1. The smallest absolute Gasteiger partial charge is 0.323 e. The molecule has 18 heavy (non-hydrogen) atoms. The lowest BCUT2D eigenvalue weighted by atomic mass is 10.3. The van der Waals surface area contributed by atoms with Gasteiger partial charge >= 0.3 is 11.9 Å². The third kappa shape index (κ3) is 3.98. The number of nitrogens with zero attached hydrogens (tertiary/aromatic N) is 3. The van der Waals surface area contributed by atoms with Gasteiger partial charge in [0, 0.05) is 0 Å². The lowest BCUT2D eigenvalue weighted by Gasteiger charge is -2.17. The van der Waals surface area contributed by atoms with Gasteiger partial charge in [0.1, 0.15) is 13.1 Å². The Bertz CT molecular complexity index is 460. The van der Waals surface area contributed by atoms with Gasteiger partial charge in [-0.2, -0.15) is 0 Å². The molecule has 1 aromatic rings. The van der Waals surface area contributed by atoms with Crippen LogP contribution in [-0.4, -0.2) is 56.2 Å². The Kier molecular flexibility index (Phi) is 4.55. The molecule has 0 unspecified atom stereocenters.